The highest BCUT2D eigenvalue weighted by atomic mass is 35.5. The first-order valence-corrected chi connectivity index (χ1v) is 16.5. The van der Waals surface area contributed by atoms with Crippen molar-refractivity contribution in [2.45, 2.75) is 23.5 Å². The monoisotopic (exact) mass is 659 g/mol. The lowest BCUT2D eigenvalue weighted by Gasteiger charge is -2.15. The quantitative estimate of drug-likeness (QED) is 0.182. The minimum Gasteiger partial charge on any atom is -0.381 e. The maximum Gasteiger partial charge on any atom is 0.400 e. The summed E-state index contributed by atoms with van der Waals surface area (Å²) in [6.45, 7) is 1.92. The van der Waals surface area contributed by atoms with Gasteiger partial charge in [0.1, 0.15) is 5.75 Å². The molecule has 0 bridgehead atoms. The van der Waals surface area contributed by atoms with Crippen LogP contribution in [0.1, 0.15) is 6.42 Å². The number of hydrogen-bond acceptors (Lipinski definition) is 9. The fraction of sp³-hybridized carbons (Fsp3) is 0.207. The summed E-state index contributed by atoms with van der Waals surface area (Å²) in [5, 5.41) is 12.5. The molecule has 1 aliphatic rings. The smallest absolute Gasteiger partial charge is 0.381 e. The van der Waals surface area contributed by atoms with Gasteiger partial charge in [0.2, 0.25) is 5.95 Å². The Morgan fingerprint density at radius 1 is 1.11 bits per heavy atom. The van der Waals surface area contributed by atoms with Crippen LogP contribution in [0, 0.1) is 0 Å². The second kappa shape index (κ2) is 11.8. The summed E-state index contributed by atoms with van der Waals surface area (Å²) in [7, 11) is -3.70. The number of thiazole rings is 1. The number of rotatable bonds is 8. The fourth-order valence-corrected chi connectivity index (χ4v) is 7.27. The molecule has 1 saturated heterocycles. The van der Waals surface area contributed by atoms with Gasteiger partial charge in [0.25, 0.3) is 5.56 Å². The first kappa shape index (κ1) is 30.1. The van der Waals surface area contributed by atoms with Crippen LogP contribution in [0.25, 0.3) is 27.3 Å². The van der Waals surface area contributed by atoms with Crippen molar-refractivity contribution in [1.29, 1.82) is 0 Å². The zero-order valence-electron chi connectivity index (χ0n) is 22.9. The van der Waals surface area contributed by atoms with Crippen LogP contribution < -0.4 is 21.5 Å². The molecule has 2 aromatic carbocycles. The number of alkyl halides is 3. The van der Waals surface area contributed by atoms with Crippen LogP contribution >= 0.6 is 22.9 Å². The number of aromatic nitrogens is 4. The highest BCUT2D eigenvalue weighted by Gasteiger charge is 2.33. The van der Waals surface area contributed by atoms with E-state index in [0.717, 1.165) is 37.0 Å². The number of fused-ring (bicyclic) bond motifs is 1. The Labute approximate surface area is 259 Å². The van der Waals surface area contributed by atoms with Crippen LogP contribution in [0.2, 0.25) is 5.02 Å². The summed E-state index contributed by atoms with van der Waals surface area (Å²) in [4.78, 5) is 27.1. The highest BCUT2D eigenvalue weighted by molar-refractivity contribution is 8.00. The summed E-state index contributed by atoms with van der Waals surface area (Å²) < 4.78 is 53.0. The molecule has 0 aliphatic carbocycles. The zero-order valence-corrected chi connectivity index (χ0v) is 25.3. The summed E-state index contributed by atoms with van der Waals surface area (Å²) in [6.07, 6.45) is -0.513. The van der Waals surface area contributed by atoms with Gasteiger partial charge in [-0.1, -0.05) is 17.7 Å². The summed E-state index contributed by atoms with van der Waals surface area (Å²) >= 11 is 7.69. The number of anilines is 3. The Balaban J connectivity index is 1.36. The van der Waals surface area contributed by atoms with Gasteiger partial charge in [-0.05, 0) is 61.3 Å². The number of pyridine rings is 1. The molecule has 5 aromatic rings. The van der Waals surface area contributed by atoms with Crippen molar-refractivity contribution in [3.8, 4) is 16.3 Å². The largest absolute Gasteiger partial charge is 0.400 e. The third-order valence-corrected chi connectivity index (χ3v) is 9.96. The summed E-state index contributed by atoms with van der Waals surface area (Å²) in [5.74, 6) is 1.96. The van der Waals surface area contributed by atoms with E-state index in [9.17, 15) is 22.2 Å². The zero-order chi connectivity index (χ0) is 31.1. The van der Waals surface area contributed by atoms with Gasteiger partial charge in [0.15, 0.2) is 10.8 Å². The molecule has 15 heteroatoms. The standard InChI is InChI=1S/C29H25ClF3N7O2S2/c1-44(42,16-29(31,32)33)21-6-7-22(24(30)13-21)23-12-17-14-36-27(39-25(17)40(26(23)41)28-35-10-11-43-28)38-19-4-2-18(3-5-19)37-20-8-9-34-15-20/h2-7,10-14,20,34,37H,1,8-9,15-16H2,(H,36,38,39). The van der Waals surface area contributed by atoms with E-state index in [2.05, 4.69) is 36.8 Å². The molecule has 1 fully saturated rings. The Kier molecular flexibility index (Phi) is 8.09. The minimum atomic E-state index is -4.68. The number of halogens is 4. The van der Waals surface area contributed by atoms with Gasteiger partial charge in [-0.25, -0.2) is 14.5 Å². The van der Waals surface area contributed by atoms with E-state index in [4.69, 9.17) is 11.6 Å². The van der Waals surface area contributed by atoms with Gasteiger partial charge in [0.05, 0.1) is 0 Å². The first-order chi connectivity index (χ1) is 21.0. The van der Waals surface area contributed by atoms with Crippen LogP contribution in [0.4, 0.5) is 30.5 Å². The van der Waals surface area contributed by atoms with Crippen LogP contribution in [0.3, 0.4) is 0 Å². The molecule has 1 aliphatic heterocycles. The van der Waals surface area contributed by atoms with E-state index in [-0.39, 0.29) is 32.6 Å². The van der Waals surface area contributed by atoms with Crippen molar-refractivity contribution in [3.05, 3.63) is 81.7 Å². The molecule has 0 spiro atoms. The lowest BCUT2D eigenvalue weighted by Crippen LogP contribution is -2.23. The predicted octanol–water partition coefficient (Wildman–Crippen LogP) is 5.71. The molecule has 9 nitrogen and oxygen atoms in total. The summed E-state index contributed by atoms with van der Waals surface area (Å²) in [5.41, 5.74) is 1.91. The molecule has 228 valence electrons. The molecule has 0 radical (unpaired) electrons. The molecule has 44 heavy (non-hydrogen) atoms. The third kappa shape index (κ3) is 6.43. The molecule has 2 unspecified atom stereocenters. The van der Waals surface area contributed by atoms with E-state index in [0.29, 0.717) is 16.6 Å². The third-order valence-electron chi connectivity index (χ3n) is 6.98. The Hall–Kier alpha value is -3.98. The maximum atomic E-state index is 13.9. The van der Waals surface area contributed by atoms with Crippen LogP contribution in [0.15, 0.2) is 76.0 Å². The van der Waals surface area contributed by atoms with E-state index in [1.54, 1.807) is 23.8 Å². The summed E-state index contributed by atoms with van der Waals surface area (Å²) in [6, 6.07) is 13.4. The predicted molar refractivity (Wildman–Crippen MR) is 170 cm³/mol. The van der Waals surface area contributed by atoms with E-state index in [1.165, 1.54) is 28.0 Å². The topological polar surface area (TPSA) is 114 Å². The molecular weight excluding hydrogens is 635 g/mol. The van der Waals surface area contributed by atoms with Crippen molar-refractivity contribution in [2.24, 2.45) is 0 Å². The van der Waals surface area contributed by atoms with Crippen molar-refractivity contribution in [3.63, 3.8) is 0 Å². The minimum absolute atomic E-state index is 0.0514. The number of nitrogens with zero attached hydrogens (tertiary/aromatic N) is 4. The van der Waals surface area contributed by atoms with Crippen LogP contribution in [0.5, 0.6) is 0 Å². The van der Waals surface area contributed by atoms with Gasteiger partial charge < -0.3 is 16.0 Å². The van der Waals surface area contributed by atoms with Crippen molar-refractivity contribution >= 4 is 66.7 Å². The molecule has 2 atom stereocenters. The highest BCUT2D eigenvalue weighted by Crippen LogP contribution is 2.32. The Morgan fingerprint density at radius 2 is 1.89 bits per heavy atom. The van der Waals surface area contributed by atoms with Crippen molar-refractivity contribution in [1.82, 2.24) is 24.8 Å². The second-order valence-corrected chi connectivity index (χ2v) is 13.9. The second-order valence-electron chi connectivity index (χ2n) is 10.2. The average molecular weight is 660 g/mol. The van der Waals surface area contributed by atoms with Crippen molar-refractivity contribution < 1.29 is 17.4 Å². The average Bonchev–Trinajstić information content (AvgIpc) is 3.68. The molecule has 0 amide bonds. The van der Waals surface area contributed by atoms with Crippen molar-refractivity contribution in [2.75, 3.05) is 29.5 Å². The van der Waals surface area contributed by atoms with Crippen LogP contribution in [-0.2, 0) is 9.52 Å². The van der Waals surface area contributed by atoms with E-state index < -0.39 is 27.0 Å². The lowest BCUT2D eigenvalue weighted by molar-refractivity contribution is -0.105. The van der Waals surface area contributed by atoms with Gasteiger partial charge in [-0.15, -0.1) is 11.3 Å². The molecule has 3 aromatic heterocycles. The SMILES string of the molecule is C=S(=O)(CC(F)(F)F)c1ccc(-c2cc3cnc(Nc4ccc(NC5CCNC5)cc4)nc3n(-c3nccs3)c2=O)c(Cl)c1. The number of hydrogen-bond donors (Lipinski definition) is 3. The number of benzene rings is 2. The first-order valence-electron chi connectivity index (χ1n) is 13.4. The molecule has 6 rings (SSSR count). The van der Waals surface area contributed by atoms with Gasteiger partial charge in [0, 0.05) is 77.7 Å². The van der Waals surface area contributed by atoms with Crippen LogP contribution in [-0.4, -0.2) is 60.7 Å². The Bertz CT molecular complexity index is 1990. The normalized spacial score (nSPS) is 16.6. The fourth-order valence-electron chi connectivity index (χ4n) is 4.94. The lowest BCUT2D eigenvalue weighted by atomic mass is 10.1. The maximum absolute atomic E-state index is 13.9. The molecule has 0 saturated carbocycles. The van der Waals surface area contributed by atoms with E-state index >= 15 is 0 Å². The van der Waals surface area contributed by atoms with Gasteiger partial charge in [-0.2, -0.15) is 18.2 Å². The Morgan fingerprint density at radius 3 is 2.55 bits per heavy atom. The molecule has 4 heterocycles. The van der Waals surface area contributed by atoms with E-state index in [1.807, 2.05) is 24.3 Å². The molecular formula is C29H25ClF3N7O2S2. The number of nitrogens with one attached hydrogen (secondary N) is 3. The van der Waals surface area contributed by atoms with Gasteiger partial charge >= 0.3 is 6.18 Å². The van der Waals surface area contributed by atoms with Gasteiger partial charge in [-0.3, -0.25) is 9.00 Å². The molecule has 3 N–H and O–H groups in total.